The van der Waals surface area contributed by atoms with Crippen molar-refractivity contribution in [1.82, 2.24) is 15.1 Å². The highest BCUT2D eigenvalue weighted by atomic mass is 16.8. The fourth-order valence-electron chi connectivity index (χ4n) is 7.56. The number of amides is 3. The van der Waals surface area contributed by atoms with Crippen molar-refractivity contribution < 1.29 is 48.0 Å². The summed E-state index contributed by atoms with van der Waals surface area (Å²) < 4.78 is 24.7. The number of benzene rings is 2. The number of hydrogen-bond acceptors (Lipinski definition) is 10. The number of likely N-dealkylation sites (N-methyl/N-ethyl adjacent to an activating group) is 1. The second-order valence-electron chi connectivity index (χ2n) is 15.9. The number of likely N-dealkylation sites (tertiary alicyclic amines) is 1. The Morgan fingerprint density at radius 1 is 1.04 bits per heavy atom. The van der Waals surface area contributed by atoms with Crippen molar-refractivity contribution in [1.29, 1.82) is 0 Å². The Kier molecular flexibility index (Phi) is 11.9. The highest BCUT2D eigenvalue weighted by Crippen LogP contribution is 2.45. The predicted molar refractivity (Wildman–Crippen MR) is 201 cm³/mol. The first-order valence-electron chi connectivity index (χ1n) is 18.9. The summed E-state index contributed by atoms with van der Waals surface area (Å²) in [5.41, 5.74) is 2.93. The molecule has 0 saturated carbocycles. The smallest absolute Gasteiger partial charge is 0.338 e. The van der Waals surface area contributed by atoms with E-state index in [0.717, 1.165) is 16.7 Å². The average molecular weight is 758 g/mol. The number of esters is 2. The van der Waals surface area contributed by atoms with Crippen molar-refractivity contribution in [3.05, 3.63) is 88.5 Å². The molecular formula is C42H51N3O10. The lowest BCUT2D eigenvalue weighted by molar-refractivity contribution is -0.172. The van der Waals surface area contributed by atoms with Crippen LogP contribution in [0.1, 0.15) is 79.9 Å². The number of hydrogen-bond donors (Lipinski definition) is 2. The molecular weight excluding hydrogens is 706 g/mol. The molecule has 2 saturated heterocycles. The molecule has 0 radical (unpaired) electrons. The van der Waals surface area contributed by atoms with E-state index in [1.807, 2.05) is 24.3 Å². The van der Waals surface area contributed by atoms with Crippen molar-refractivity contribution in [3.63, 3.8) is 0 Å². The summed E-state index contributed by atoms with van der Waals surface area (Å²) in [6, 6.07) is 13.2. The zero-order valence-electron chi connectivity index (χ0n) is 32.1. The van der Waals surface area contributed by atoms with Crippen LogP contribution in [0.2, 0.25) is 0 Å². The molecule has 2 heterocycles. The van der Waals surface area contributed by atoms with Crippen molar-refractivity contribution in [2.24, 2.45) is 0 Å². The average Bonchev–Trinajstić information content (AvgIpc) is 3.87. The number of carbonyl (C=O) groups excluding carboxylic acids is 5. The minimum absolute atomic E-state index is 0.0132. The molecule has 0 aromatic heterocycles. The normalized spacial score (nSPS) is 23.2. The Bertz CT molecular complexity index is 1820. The minimum Gasteiger partial charge on any atom is -0.460 e. The maximum Gasteiger partial charge on any atom is 0.338 e. The van der Waals surface area contributed by atoms with Gasteiger partial charge in [0.15, 0.2) is 5.79 Å². The summed E-state index contributed by atoms with van der Waals surface area (Å²) in [4.78, 5) is 68.7. The largest absolute Gasteiger partial charge is 0.460 e. The third-order valence-corrected chi connectivity index (χ3v) is 10.3. The Morgan fingerprint density at radius 3 is 2.36 bits per heavy atom. The third kappa shape index (κ3) is 9.52. The number of ether oxygens (including phenoxy) is 4. The van der Waals surface area contributed by atoms with Gasteiger partial charge in [-0.25, -0.2) is 4.79 Å². The van der Waals surface area contributed by atoms with E-state index in [4.69, 9.17) is 18.9 Å². The summed E-state index contributed by atoms with van der Waals surface area (Å²) in [5, 5.41) is 12.8. The SMILES string of the molecule is CN(C)C(=O)C=Cc1ccc(C(=O)O[C@@H]2CC(C(=O)N3CCC[C@@H]3C(=O)N[C@H](CO)CCC(=O)OC(C)(C)C)=C[C@H]3OC4(Cc5ccccc5C4)O[C@H]32)cc1. The molecule has 13 nitrogen and oxygen atoms in total. The van der Waals surface area contributed by atoms with Gasteiger partial charge in [-0.15, -0.1) is 0 Å². The Labute approximate surface area is 321 Å². The van der Waals surface area contributed by atoms with Crippen LogP contribution in [0.15, 0.2) is 66.3 Å². The first kappa shape index (κ1) is 39.8. The highest BCUT2D eigenvalue weighted by Gasteiger charge is 2.55. The molecule has 5 atom stereocenters. The van der Waals surface area contributed by atoms with Crippen LogP contribution in [0.4, 0.5) is 0 Å². The highest BCUT2D eigenvalue weighted by molar-refractivity contribution is 5.98. The van der Waals surface area contributed by atoms with E-state index in [2.05, 4.69) is 5.32 Å². The number of nitrogens with zero attached hydrogens (tertiary/aromatic N) is 2. The van der Waals surface area contributed by atoms with Gasteiger partial charge in [0.1, 0.15) is 30.0 Å². The maximum absolute atomic E-state index is 14.3. The second kappa shape index (κ2) is 16.5. The zero-order valence-corrected chi connectivity index (χ0v) is 32.1. The van der Waals surface area contributed by atoms with E-state index >= 15 is 0 Å². The van der Waals surface area contributed by atoms with Gasteiger partial charge in [0.25, 0.3) is 0 Å². The van der Waals surface area contributed by atoms with Gasteiger partial charge in [0.05, 0.1) is 18.2 Å². The zero-order chi connectivity index (χ0) is 39.5. The molecule has 294 valence electrons. The first-order valence-corrected chi connectivity index (χ1v) is 18.9. The summed E-state index contributed by atoms with van der Waals surface area (Å²) in [6.45, 7) is 5.26. The minimum atomic E-state index is -0.981. The van der Waals surface area contributed by atoms with E-state index in [0.29, 0.717) is 43.4 Å². The fourth-order valence-corrected chi connectivity index (χ4v) is 7.56. The molecule has 0 bridgehead atoms. The number of rotatable bonds is 11. The number of aliphatic hydroxyl groups excluding tert-OH is 1. The molecule has 1 spiro atoms. The summed E-state index contributed by atoms with van der Waals surface area (Å²) >= 11 is 0. The van der Waals surface area contributed by atoms with Crippen LogP contribution in [-0.4, -0.2) is 114 Å². The summed E-state index contributed by atoms with van der Waals surface area (Å²) in [6.07, 6.45) is 4.89. The van der Waals surface area contributed by atoms with Crippen LogP contribution in [0, 0.1) is 0 Å². The van der Waals surface area contributed by atoms with Gasteiger partial charge in [-0.05, 0) is 81.0 Å². The molecule has 0 unspecified atom stereocenters. The van der Waals surface area contributed by atoms with E-state index < -0.39 is 59.6 Å². The Hall–Kier alpha value is -4.85. The van der Waals surface area contributed by atoms with Crippen LogP contribution in [-0.2, 0) is 51.0 Å². The van der Waals surface area contributed by atoms with E-state index in [1.54, 1.807) is 71.3 Å². The Morgan fingerprint density at radius 2 is 1.73 bits per heavy atom. The van der Waals surface area contributed by atoms with Crippen LogP contribution in [0.25, 0.3) is 6.08 Å². The van der Waals surface area contributed by atoms with Crippen LogP contribution < -0.4 is 5.32 Å². The van der Waals surface area contributed by atoms with Crippen molar-refractivity contribution in [3.8, 4) is 0 Å². The van der Waals surface area contributed by atoms with Crippen LogP contribution in [0.5, 0.6) is 0 Å². The molecule has 55 heavy (non-hydrogen) atoms. The predicted octanol–water partition coefficient (Wildman–Crippen LogP) is 3.51. The van der Waals surface area contributed by atoms with Crippen molar-refractivity contribution in [2.75, 3.05) is 27.2 Å². The lowest BCUT2D eigenvalue weighted by Gasteiger charge is -2.33. The van der Waals surface area contributed by atoms with Crippen molar-refractivity contribution in [2.45, 2.75) is 108 Å². The fraction of sp³-hybridized carbons (Fsp3) is 0.500. The quantitative estimate of drug-likeness (QED) is 0.257. The van der Waals surface area contributed by atoms with E-state index in [1.165, 1.54) is 15.9 Å². The standard InChI is InChI=1S/C42H51N3O10/c1-41(2,3)54-36(48)19-17-31(25-46)43-38(49)32-11-8-20-45(32)39(50)30-21-33(52-40(51)27-15-12-26(13-16-27)14-18-35(47)44(4)5)37-34(22-30)53-42(55-37)23-28-9-6-7-10-29(28)24-42/h6-7,9-10,12-16,18,22,31-34,37,46H,8,11,17,19-21,23-25H2,1-5H3,(H,43,49)/t31-,32+,33+,34+,37-/m0/s1. The van der Waals surface area contributed by atoms with Gasteiger partial charge in [0.2, 0.25) is 17.7 Å². The van der Waals surface area contributed by atoms with Gasteiger partial charge < -0.3 is 39.2 Å². The molecule has 2 aliphatic heterocycles. The molecule has 2 aromatic carbocycles. The van der Waals surface area contributed by atoms with Gasteiger partial charge >= 0.3 is 11.9 Å². The number of fused-ring (bicyclic) bond motifs is 2. The van der Waals surface area contributed by atoms with Gasteiger partial charge in [0, 0.05) is 58.0 Å². The topological polar surface area (TPSA) is 161 Å². The maximum atomic E-state index is 14.3. The first-order chi connectivity index (χ1) is 26.1. The molecule has 2 N–H and O–H groups in total. The monoisotopic (exact) mass is 757 g/mol. The molecule has 13 heteroatoms. The number of aliphatic hydroxyl groups is 1. The summed E-state index contributed by atoms with van der Waals surface area (Å²) in [7, 11) is 3.32. The van der Waals surface area contributed by atoms with Crippen LogP contribution in [0.3, 0.4) is 0 Å². The third-order valence-electron chi connectivity index (χ3n) is 10.3. The molecule has 2 fully saturated rings. The van der Waals surface area contributed by atoms with Gasteiger partial charge in [-0.2, -0.15) is 0 Å². The van der Waals surface area contributed by atoms with E-state index in [-0.39, 0.29) is 37.7 Å². The number of carbonyl (C=O) groups is 5. The van der Waals surface area contributed by atoms with Gasteiger partial charge in [-0.3, -0.25) is 19.2 Å². The molecule has 4 aliphatic rings. The van der Waals surface area contributed by atoms with Gasteiger partial charge in [-0.1, -0.05) is 36.4 Å². The van der Waals surface area contributed by atoms with Crippen LogP contribution >= 0.6 is 0 Å². The molecule has 3 amide bonds. The van der Waals surface area contributed by atoms with E-state index in [9.17, 15) is 29.1 Å². The molecule has 6 rings (SSSR count). The Balaban J connectivity index is 1.17. The second-order valence-corrected chi connectivity index (χ2v) is 15.9. The lowest BCUT2D eigenvalue weighted by Crippen LogP contribution is -2.51. The summed E-state index contributed by atoms with van der Waals surface area (Å²) in [5.74, 6) is -2.96. The molecule has 2 aromatic rings. The molecule has 2 aliphatic carbocycles. The van der Waals surface area contributed by atoms with Crippen molar-refractivity contribution >= 4 is 35.7 Å². The lowest BCUT2D eigenvalue weighted by atomic mass is 9.91. The number of nitrogens with one attached hydrogen (secondary N) is 1.